The number of nitrogens with one attached hydrogen (secondary N) is 1. The molecule has 0 radical (unpaired) electrons. The Morgan fingerprint density at radius 3 is 2.25 bits per heavy atom. The predicted octanol–water partition coefficient (Wildman–Crippen LogP) is 3.13. The molecule has 0 aliphatic heterocycles. The third kappa shape index (κ3) is 2.99. The molecular weight excluding hydrogens is 322 g/mol. The van der Waals surface area contributed by atoms with Crippen molar-refractivity contribution in [2.75, 3.05) is 0 Å². The molecular formula is C11H8Cl2F3NO3. The first-order valence-electron chi connectivity index (χ1n) is 5.07. The Morgan fingerprint density at radius 2 is 1.80 bits per heavy atom. The minimum Gasteiger partial charge on any atom is -0.479 e. The number of carbonyl (C=O) groups excluding carboxylic acids is 1. The van der Waals surface area contributed by atoms with E-state index in [1.54, 1.807) is 0 Å². The van der Waals surface area contributed by atoms with Crippen molar-refractivity contribution in [2.24, 2.45) is 0 Å². The summed E-state index contributed by atoms with van der Waals surface area (Å²) in [6, 6.07) is 3.76. The molecule has 2 N–H and O–H groups in total. The van der Waals surface area contributed by atoms with Gasteiger partial charge in [-0.25, -0.2) is 4.79 Å². The molecule has 1 unspecified atom stereocenters. The lowest BCUT2D eigenvalue weighted by Gasteiger charge is -2.28. The summed E-state index contributed by atoms with van der Waals surface area (Å²) in [5, 5.41) is 9.80. The van der Waals surface area contributed by atoms with Crippen molar-refractivity contribution in [2.45, 2.75) is 18.6 Å². The molecule has 0 aliphatic carbocycles. The minimum atomic E-state index is -5.18. The summed E-state index contributed by atoms with van der Waals surface area (Å²) in [6.45, 7) is 0.339. The van der Waals surface area contributed by atoms with Crippen LogP contribution in [0.4, 0.5) is 13.2 Å². The number of carboxylic acids is 1. The number of carboxylic acid groups (broad SMARTS) is 1. The van der Waals surface area contributed by atoms with Gasteiger partial charge < -0.3 is 10.4 Å². The quantitative estimate of drug-likeness (QED) is 0.895. The number of benzene rings is 1. The Balaban J connectivity index is 3.17. The summed E-state index contributed by atoms with van der Waals surface area (Å²) in [5.41, 5.74) is -3.79. The minimum absolute atomic E-state index is 0.0386. The maximum Gasteiger partial charge on any atom is 0.422 e. The normalized spacial score (nSPS) is 14.5. The van der Waals surface area contributed by atoms with Gasteiger partial charge in [-0.3, -0.25) is 4.79 Å². The number of carbonyl (C=O) groups is 2. The van der Waals surface area contributed by atoms with Crippen molar-refractivity contribution in [3.63, 3.8) is 0 Å². The molecule has 110 valence electrons. The molecule has 0 fully saturated rings. The maximum atomic E-state index is 12.8. The third-order valence-electron chi connectivity index (χ3n) is 2.55. The van der Waals surface area contributed by atoms with Crippen LogP contribution in [0.1, 0.15) is 17.3 Å². The average molecular weight is 330 g/mol. The first kappa shape index (κ1) is 16.6. The zero-order chi connectivity index (χ0) is 15.7. The topological polar surface area (TPSA) is 66.4 Å². The van der Waals surface area contributed by atoms with E-state index in [2.05, 4.69) is 0 Å². The van der Waals surface area contributed by atoms with Crippen LogP contribution in [0.2, 0.25) is 10.0 Å². The largest absolute Gasteiger partial charge is 0.479 e. The summed E-state index contributed by atoms with van der Waals surface area (Å²) >= 11 is 11.3. The molecule has 1 amide bonds. The number of rotatable bonds is 3. The second kappa shape index (κ2) is 5.49. The molecule has 9 heteroatoms. The zero-order valence-corrected chi connectivity index (χ0v) is 11.4. The molecule has 0 saturated carbocycles. The molecule has 20 heavy (non-hydrogen) atoms. The molecule has 0 saturated heterocycles. The van der Waals surface area contributed by atoms with Crippen molar-refractivity contribution in [1.82, 2.24) is 5.32 Å². The van der Waals surface area contributed by atoms with Crippen LogP contribution in [0.25, 0.3) is 0 Å². The Morgan fingerprint density at radius 1 is 1.25 bits per heavy atom. The van der Waals surface area contributed by atoms with E-state index < -0.39 is 23.6 Å². The van der Waals surface area contributed by atoms with Crippen molar-refractivity contribution in [3.8, 4) is 0 Å². The van der Waals surface area contributed by atoms with Gasteiger partial charge in [-0.1, -0.05) is 29.3 Å². The Kier molecular flexibility index (Phi) is 4.55. The van der Waals surface area contributed by atoms with E-state index in [1.807, 2.05) is 0 Å². The van der Waals surface area contributed by atoms with Gasteiger partial charge in [0.1, 0.15) is 0 Å². The zero-order valence-electron chi connectivity index (χ0n) is 9.89. The van der Waals surface area contributed by atoms with Gasteiger partial charge in [-0.2, -0.15) is 13.2 Å². The van der Waals surface area contributed by atoms with Crippen LogP contribution in [-0.2, 0) is 4.79 Å². The number of hydrogen-bond donors (Lipinski definition) is 2. The van der Waals surface area contributed by atoms with Crippen LogP contribution in [0.15, 0.2) is 18.2 Å². The summed E-state index contributed by atoms with van der Waals surface area (Å²) in [7, 11) is 0. The summed E-state index contributed by atoms with van der Waals surface area (Å²) in [6.07, 6.45) is -5.18. The van der Waals surface area contributed by atoms with E-state index in [0.717, 1.165) is 6.07 Å². The second-order valence-corrected chi connectivity index (χ2v) is 4.77. The summed E-state index contributed by atoms with van der Waals surface area (Å²) in [4.78, 5) is 22.6. The number of amides is 1. The second-order valence-electron chi connectivity index (χ2n) is 3.98. The lowest BCUT2D eigenvalue weighted by Crippen LogP contribution is -2.61. The lowest BCUT2D eigenvalue weighted by atomic mass is 10.0. The van der Waals surface area contributed by atoms with Gasteiger partial charge in [0.25, 0.3) is 5.91 Å². The fraction of sp³-hybridized carbons (Fsp3) is 0.273. The van der Waals surface area contributed by atoms with Gasteiger partial charge in [0.05, 0.1) is 15.6 Å². The fourth-order valence-corrected chi connectivity index (χ4v) is 1.61. The van der Waals surface area contributed by atoms with E-state index in [0.29, 0.717) is 6.92 Å². The van der Waals surface area contributed by atoms with Crippen LogP contribution in [0.3, 0.4) is 0 Å². The van der Waals surface area contributed by atoms with Gasteiger partial charge in [0.2, 0.25) is 5.54 Å². The average Bonchev–Trinajstić information content (AvgIpc) is 2.30. The predicted molar refractivity (Wildman–Crippen MR) is 66.0 cm³/mol. The molecule has 0 aromatic heterocycles. The van der Waals surface area contributed by atoms with Crippen LogP contribution in [0.5, 0.6) is 0 Å². The third-order valence-corrected chi connectivity index (χ3v) is 3.37. The number of alkyl halides is 3. The molecule has 1 rings (SSSR count). The van der Waals surface area contributed by atoms with Crippen molar-refractivity contribution in [1.29, 1.82) is 0 Å². The molecule has 4 nitrogen and oxygen atoms in total. The van der Waals surface area contributed by atoms with Gasteiger partial charge in [-0.15, -0.1) is 0 Å². The molecule has 1 atom stereocenters. The SMILES string of the molecule is CC(NC(=O)c1cccc(Cl)c1Cl)(C(=O)O)C(F)(F)F. The fourth-order valence-electron chi connectivity index (χ4n) is 1.22. The maximum absolute atomic E-state index is 12.8. The van der Waals surface area contributed by atoms with Crippen molar-refractivity contribution in [3.05, 3.63) is 33.8 Å². The summed E-state index contributed by atoms with van der Waals surface area (Å²) in [5.74, 6) is -3.53. The lowest BCUT2D eigenvalue weighted by molar-refractivity contribution is -0.203. The van der Waals surface area contributed by atoms with Gasteiger partial charge in [0, 0.05) is 0 Å². The highest BCUT2D eigenvalue weighted by molar-refractivity contribution is 6.43. The Bertz CT molecular complexity index is 562. The van der Waals surface area contributed by atoms with Crippen LogP contribution < -0.4 is 5.32 Å². The van der Waals surface area contributed by atoms with Crippen molar-refractivity contribution < 1.29 is 27.9 Å². The van der Waals surface area contributed by atoms with Crippen LogP contribution >= 0.6 is 23.2 Å². The van der Waals surface area contributed by atoms with Gasteiger partial charge >= 0.3 is 12.1 Å². The number of halogens is 5. The number of hydrogen-bond acceptors (Lipinski definition) is 2. The van der Waals surface area contributed by atoms with Crippen LogP contribution in [-0.4, -0.2) is 28.7 Å². The molecule has 0 heterocycles. The van der Waals surface area contributed by atoms with E-state index in [4.69, 9.17) is 28.3 Å². The van der Waals surface area contributed by atoms with Gasteiger partial charge in [-0.05, 0) is 19.1 Å². The molecule has 0 aliphatic rings. The van der Waals surface area contributed by atoms with E-state index in [9.17, 15) is 22.8 Å². The molecule has 1 aromatic carbocycles. The monoisotopic (exact) mass is 329 g/mol. The first-order valence-corrected chi connectivity index (χ1v) is 5.83. The molecule has 1 aromatic rings. The van der Waals surface area contributed by atoms with Gasteiger partial charge in [0.15, 0.2) is 0 Å². The van der Waals surface area contributed by atoms with E-state index in [-0.39, 0.29) is 15.6 Å². The van der Waals surface area contributed by atoms with Crippen molar-refractivity contribution >= 4 is 35.1 Å². The smallest absolute Gasteiger partial charge is 0.422 e. The first-order chi connectivity index (χ1) is 9.00. The Labute approximate surface area is 121 Å². The number of aliphatic carboxylic acids is 1. The van der Waals surface area contributed by atoms with Crippen LogP contribution in [0, 0.1) is 0 Å². The summed E-state index contributed by atoms with van der Waals surface area (Å²) < 4.78 is 38.3. The Hall–Kier alpha value is -1.47. The highest BCUT2D eigenvalue weighted by atomic mass is 35.5. The molecule has 0 bridgehead atoms. The standard InChI is InChI=1S/C11H8Cl2F3NO3/c1-10(9(19)20,11(14,15)16)17-8(18)5-3-2-4-6(12)7(5)13/h2-4H,1H3,(H,17,18)(H,19,20). The molecule has 0 spiro atoms. The van der Waals surface area contributed by atoms with E-state index >= 15 is 0 Å². The van der Waals surface area contributed by atoms with E-state index in [1.165, 1.54) is 17.4 Å². The highest BCUT2D eigenvalue weighted by Gasteiger charge is 2.58. The highest BCUT2D eigenvalue weighted by Crippen LogP contribution is 2.32.